The fraction of sp³-hybridized carbons (Fsp3) is 0.742. The fourth-order valence-electron chi connectivity index (χ4n) is 10.4. The van der Waals surface area contributed by atoms with E-state index in [9.17, 15) is 66.2 Å². The second-order valence-corrected chi connectivity index (χ2v) is 28.3. The summed E-state index contributed by atoms with van der Waals surface area (Å²) in [5, 5.41) is 23.6. The van der Waals surface area contributed by atoms with E-state index in [4.69, 9.17) is 21.1 Å². The lowest BCUT2D eigenvalue weighted by Gasteiger charge is -2.37. The molecule has 0 spiro atoms. The number of carbonyl (C=O) groups is 11. The number of ether oxygens (including phenoxy) is 2. The van der Waals surface area contributed by atoms with E-state index in [0.717, 1.165) is 42.7 Å². The zero-order chi connectivity index (χ0) is 72.9. The lowest BCUT2D eigenvalue weighted by molar-refractivity contribution is -0.150. The van der Waals surface area contributed by atoms with Crippen LogP contribution in [-0.4, -0.2) is 241 Å². The summed E-state index contributed by atoms with van der Waals surface area (Å²) < 4.78 is 53.1. The molecule has 1 aromatic carbocycles. The highest BCUT2D eigenvalue weighted by Crippen LogP contribution is 2.35. The third-order valence-electron chi connectivity index (χ3n) is 16.7. The SMILES string of the molecule is CCN1CC(=O)N(C)[C@@H](COCCC(C)C)C(=O)N(C)CC(=O)N[C@@H](CCc2ccc(C(F)(F)F)c(Cl)c2)C(=O)N(C)[C@@H](COCC(C)(C)O)C(=O)NC(C)(C)C(=O)N(C)[C@@H](CC(C)C)C(=O)N[C@H](C)CC(=O)N(C)[C@@H](CC(C)C)C(=O)N[C@@H]([C@@H](C)C(C)C)C(=O)NCC1=O. The molecule has 2 rings (SSSR count). The van der Waals surface area contributed by atoms with Gasteiger partial charge in [-0.05, 0) is 121 Å². The van der Waals surface area contributed by atoms with Crippen LogP contribution in [0.2, 0.25) is 5.02 Å². The first-order chi connectivity index (χ1) is 43.8. The third-order valence-corrected chi connectivity index (χ3v) is 17.0. The summed E-state index contributed by atoms with van der Waals surface area (Å²) in [6.07, 6.45) is -4.79. The quantitative estimate of drug-likeness (QED) is 0.107. The van der Waals surface area contributed by atoms with Crippen molar-refractivity contribution in [1.29, 1.82) is 0 Å². The summed E-state index contributed by atoms with van der Waals surface area (Å²) in [6.45, 7) is 22.3. The minimum atomic E-state index is -4.80. The van der Waals surface area contributed by atoms with Gasteiger partial charge in [0.1, 0.15) is 41.8 Å². The molecule has 11 amide bonds. The lowest BCUT2D eigenvalue weighted by Crippen LogP contribution is -2.63. The summed E-state index contributed by atoms with van der Waals surface area (Å²) in [7, 11) is 6.57. The van der Waals surface area contributed by atoms with Crippen LogP contribution >= 0.6 is 11.6 Å². The molecule has 25 nitrogen and oxygen atoms in total. The zero-order valence-corrected chi connectivity index (χ0v) is 60.3. The highest BCUT2D eigenvalue weighted by Gasteiger charge is 2.43. The maximum atomic E-state index is 15.0. The van der Waals surface area contributed by atoms with Crippen LogP contribution in [0.25, 0.3) is 0 Å². The van der Waals surface area contributed by atoms with Crippen molar-refractivity contribution in [2.75, 3.05) is 87.8 Å². The minimum Gasteiger partial charge on any atom is -0.388 e. The zero-order valence-electron chi connectivity index (χ0n) is 59.5. The molecule has 6 N–H and O–H groups in total. The molecule has 1 aliphatic rings. The van der Waals surface area contributed by atoms with Gasteiger partial charge in [-0.3, -0.25) is 52.7 Å². The summed E-state index contributed by atoms with van der Waals surface area (Å²) in [6, 6.07) is -6.08. The van der Waals surface area contributed by atoms with Crippen molar-refractivity contribution in [2.45, 2.75) is 202 Å². The molecule has 1 heterocycles. The first-order valence-electron chi connectivity index (χ1n) is 32.6. The third kappa shape index (κ3) is 27.1. The van der Waals surface area contributed by atoms with Gasteiger partial charge in [0.05, 0.1) is 55.6 Å². The van der Waals surface area contributed by atoms with Crippen LogP contribution in [0.3, 0.4) is 0 Å². The predicted molar refractivity (Wildman–Crippen MR) is 353 cm³/mol. The van der Waals surface area contributed by atoms with Gasteiger partial charge in [0, 0.05) is 60.9 Å². The van der Waals surface area contributed by atoms with Gasteiger partial charge in [0.15, 0.2) is 0 Å². The van der Waals surface area contributed by atoms with E-state index in [1.165, 1.54) is 67.8 Å². The average Bonchev–Trinajstić information content (AvgIpc) is 0.846. The molecule has 540 valence electrons. The Labute approximate surface area is 564 Å². The second kappa shape index (κ2) is 37.8. The van der Waals surface area contributed by atoms with E-state index in [1.807, 2.05) is 55.4 Å². The number of benzene rings is 1. The summed E-state index contributed by atoms with van der Waals surface area (Å²) in [5.74, 6) is -9.31. The molecule has 0 unspecified atom stereocenters. The van der Waals surface area contributed by atoms with E-state index in [2.05, 4.69) is 26.6 Å². The molecular formula is C66H109ClF3N11O14. The Bertz CT molecular complexity index is 2800. The van der Waals surface area contributed by atoms with Crippen molar-refractivity contribution in [2.24, 2.45) is 29.6 Å². The Morgan fingerprint density at radius 3 is 1.76 bits per heavy atom. The number of carbonyl (C=O) groups excluding carboxylic acids is 11. The maximum absolute atomic E-state index is 15.0. The van der Waals surface area contributed by atoms with Gasteiger partial charge >= 0.3 is 6.18 Å². The summed E-state index contributed by atoms with van der Waals surface area (Å²) in [4.78, 5) is 165. The molecule has 0 bridgehead atoms. The summed E-state index contributed by atoms with van der Waals surface area (Å²) >= 11 is 6.09. The van der Waals surface area contributed by atoms with Crippen molar-refractivity contribution < 1.29 is 80.5 Å². The molecule has 1 aliphatic heterocycles. The van der Waals surface area contributed by atoms with Crippen LogP contribution in [0.1, 0.15) is 147 Å². The number of nitrogens with zero attached hydrogens (tertiary/aromatic N) is 6. The number of nitrogens with one attached hydrogen (secondary N) is 5. The van der Waals surface area contributed by atoms with Crippen molar-refractivity contribution >= 4 is 76.6 Å². The van der Waals surface area contributed by atoms with Gasteiger partial charge in [-0.15, -0.1) is 0 Å². The summed E-state index contributed by atoms with van der Waals surface area (Å²) in [5.41, 5.74) is -4.21. The number of alkyl halides is 3. The molecule has 95 heavy (non-hydrogen) atoms. The second-order valence-electron chi connectivity index (χ2n) is 27.9. The Balaban J connectivity index is 2.95. The molecule has 1 saturated heterocycles. The normalized spacial score (nSPS) is 23.3. The van der Waals surface area contributed by atoms with Gasteiger partial charge in [-0.1, -0.05) is 80.0 Å². The average molecular weight is 1370 g/mol. The topological polar surface area (TPSA) is 306 Å². The van der Waals surface area contributed by atoms with Gasteiger partial charge in [-0.2, -0.15) is 13.2 Å². The van der Waals surface area contributed by atoms with Gasteiger partial charge in [0.25, 0.3) is 0 Å². The van der Waals surface area contributed by atoms with Crippen LogP contribution in [-0.2, 0) is 74.8 Å². The smallest absolute Gasteiger partial charge is 0.388 e. The molecule has 0 aliphatic carbocycles. The molecular weight excluding hydrogens is 1260 g/mol. The molecule has 29 heteroatoms. The largest absolute Gasteiger partial charge is 0.417 e. The number of amides is 11. The number of halogens is 4. The monoisotopic (exact) mass is 1370 g/mol. The Morgan fingerprint density at radius 1 is 0.674 bits per heavy atom. The van der Waals surface area contributed by atoms with Crippen molar-refractivity contribution in [3.8, 4) is 0 Å². The number of aryl methyl sites for hydroxylation is 1. The first-order valence-corrected chi connectivity index (χ1v) is 32.9. The Hall–Kier alpha value is -6.65. The predicted octanol–water partition coefficient (Wildman–Crippen LogP) is 4.03. The number of hydrogen-bond donors (Lipinski definition) is 6. The van der Waals surface area contributed by atoms with Crippen LogP contribution in [0.15, 0.2) is 18.2 Å². The maximum Gasteiger partial charge on any atom is 0.417 e. The van der Waals surface area contributed by atoms with Gasteiger partial charge < -0.3 is 70.6 Å². The molecule has 0 aromatic heterocycles. The number of hydrogen-bond acceptors (Lipinski definition) is 14. The van der Waals surface area contributed by atoms with Gasteiger partial charge in [0.2, 0.25) is 65.0 Å². The number of aliphatic hydroxyl groups is 1. The van der Waals surface area contributed by atoms with Crippen LogP contribution in [0.4, 0.5) is 13.2 Å². The molecule has 8 atom stereocenters. The van der Waals surface area contributed by atoms with E-state index in [-0.39, 0.29) is 87.7 Å². The van der Waals surface area contributed by atoms with E-state index in [1.54, 1.807) is 20.8 Å². The Kier molecular flexibility index (Phi) is 33.6. The van der Waals surface area contributed by atoms with E-state index in [0.29, 0.717) is 6.42 Å². The van der Waals surface area contributed by atoms with Crippen molar-refractivity contribution in [3.05, 3.63) is 34.3 Å². The fourth-order valence-corrected chi connectivity index (χ4v) is 10.7. The number of likely N-dealkylation sites (N-methyl/N-ethyl adjacent to an activating group) is 6. The van der Waals surface area contributed by atoms with E-state index < -0.39 is 167 Å². The van der Waals surface area contributed by atoms with Crippen LogP contribution in [0.5, 0.6) is 0 Å². The lowest BCUT2D eigenvalue weighted by atomic mass is 9.89. The molecule has 1 fully saturated rings. The highest BCUT2D eigenvalue weighted by molar-refractivity contribution is 6.31. The molecule has 1 aromatic rings. The molecule has 0 saturated carbocycles. The first kappa shape index (κ1) is 84.4. The highest BCUT2D eigenvalue weighted by atomic mass is 35.5. The van der Waals surface area contributed by atoms with Gasteiger partial charge in [-0.25, -0.2) is 0 Å². The van der Waals surface area contributed by atoms with E-state index >= 15 is 4.79 Å². The number of rotatable bonds is 19. The molecule has 0 radical (unpaired) electrons. The van der Waals surface area contributed by atoms with Crippen LogP contribution in [0, 0.1) is 29.6 Å². The Morgan fingerprint density at radius 2 is 1.23 bits per heavy atom. The van der Waals surface area contributed by atoms with Crippen molar-refractivity contribution in [1.82, 2.24) is 56.0 Å². The minimum absolute atomic E-state index is 0.0343. The standard InChI is InChI=1S/C66H109ClF3N11O14/c1-21-81-34-55(85)78(18)51(36-94-27-26-38(2)3)62(91)76(16)33-52(82)73-47(25-23-44-22-24-45(46(67)31-44)66(68,69)70)61(90)79(19)50(35-95-37-64(12,13)93)59(88)75-65(14,15)63(92)80(20)49(29-40(6)7)57(86)72-42(10)30-53(83)77(17)48(28-39(4)5)58(87)74-56(43(11)41(8)9)60(89)71-32-54(81)84/h22,24,31,38-43,47-51,56,93H,21,23,25-30,32-37H2,1-20H3,(H,71,89)(H,72,86)(H,73,82)(H,74,87)(H,75,88)/t42-,43+,47+,48+,49+,50+,51+,56+/m1/s1. The van der Waals surface area contributed by atoms with Crippen LogP contribution < -0.4 is 26.6 Å². The van der Waals surface area contributed by atoms with Crippen molar-refractivity contribution in [3.63, 3.8) is 0 Å².